The van der Waals surface area contributed by atoms with Crippen molar-refractivity contribution < 1.29 is 27.9 Å². The summed E-state index contributed by atoms with van der Waals surface area (Å²) in [6.07, 6.45) is 5.15. The highest BCUT2D eigenvalue weighted by molar-refractivity contribution is 6.33. The van der Waals surface area contributed by atoms with Gasteiger partial charge in [0.05, 0.1) is 23.1 Å². The number of carbonyl (C=O) groups is 3. The number of nitrogens with zero attached hydrogens (tertiary/aromatic N) is 2. The number of anilines is 1. The normalized spacial score (nSPS) is 22.1. The summed E-state index contributed by atoms with van der Waals surface area (Å²) in [5, 5.41) is 5.21. The summed E-state index contributed by atoms with van der Waals surface area (Å²) < 4.78 is 33.9. The van der Waals surface area contributed by atoms with E-state index in [1.165, 1.54) is 6.33 Å². The largest absolute Gasteiger partial charge is 0.376 e. The average Bonchev–Trinajstić information content (AvgIpc) is 3.51. The van der Waals surface area contributed by atoms with Crippen LogP contribution in [0, 0.1) is 17.6 Å². The van der Waals surface area contributed by atoms with Crippen LogP contribution in [0.4, 0.5) is 14.5 Å². The van der Waals surface area contributed by atoms with Crippen molar-refractivity contribution in [3.63, 3.8) is 0 Å². The van der Waals surface area contributed by atoms with E-state index in [1.54, 1.807) is 4.57 Å². The van der Waals surface area contributed by atoms with E-state index in [-0.39, 0.29) is 46.1 Å². The van der Waals surface area contributed by atoms with E-state index in [2.05, 4.69) is 15.6 Å². The number of nitrogens with one attached hydrogen (secondary N) is 2. The lowest BCUT2D eigenvalue weighted by Gasteiger charge is -2.29. The lowest BCUT2D eigenvalue weighted by Crippen LogP contribution is -2.34. The second-order valence-corrected chi connectivity index (χ2v) is 9.21. The number of ether oxygens (including phenoxy) is 1. The molecule has 0 bridgehead atoms. The van der Waals surface area contributed by atoms with Crippen LogP contribution in [-0.2, 0) is 9.53 Å². The molecule has 1 aromatic carbocycles. The zero-order chi connectivity index (χ0) is 25.1. The summed E-state index contributed by atoms with van der Waals surface area (Å²) >= 11 is 5.91. The lowest BCUT2D eigenvalue weighted by atomic mass is 9.85. The molecule has 35 heavy (non-hydrogen) atoms. The maximum atomic E-state index is 13.5. The highest BCUT2D eigenvalue weighted by Crippen LogP contribution is 2.35. The molecule has 1 saturated carbocycles. The van der Waals surface area contributed by atoms with Gasteiger partial charge in [-0.2, -0.15) is 0 Å². The van der Waals surface area contributed by atoms with Gasteiger partial charge in [-0.05, 0) is 44.6 Å². The van der Waals surface area contributed by atoms with Gasteiger partial charge in [-0.15, -0.1) is 0 Å². The van der Waals surface area contributed by atoms with Gasteiger partial charge in [-0.1, -0.05) is 11.6 Å². The zero-order valence-corrected chi connectivity index (χ0v) is 19.6. The molecule has 0 spiro atoms. The summed E-state index contributed by atoms with van der Waals surface area (Å²) in [6, 6.07) is 1.47. The van der Waals surface area contributed by atoms with Crippen LogP contribution < -0.4 is 16.4 Å². The Morgan fingerprint density at radius 1 is 1.14 bits per heavy atom. The van der Waals surface area contributed by atoms with Crippen molar-refractivity contribution in [2.45, 2.75) is 50.7 Å². The van der Waals surface area contributed by atoms with Gasteiger partial charge < -0.3 is 25.7 Å². The molecule has 2 aromatic rings. The maximum absolute atomic E-state index is 13.5. The molecular weight excluding hydrogens is 484 g/mol. The molecular formula is C23H26ClF2N5O4. The minimum Gasteiger partial charge on any atom is -0.376 e. The molecule has 12 heteroatoms. The van der Waals surface area contributed by atoms with E-state index >= 15 is 0 Å². The van der Waals surface area contributed by atoms with Crippen LogP contribution in [0.2, 0.25) is 5.02 Å². The second-order valence-electron chi connectivity index (χ2n) is 8.80. The van der Waals surface area contributed by atoms with Crippen LogP contribution in [0.1, 0.15) is 65.5 Å². The molecule has 2 heterocycles. The molecule has 3 amide bonds. The Kier molecular flexibility index (Phi) is 7.66. The van der Waals surface area contributed by atoms with Crippen molar-refractivity contribution in [2.24, 2.45) is 11.7 Å². The maximum Gasteiger partial charge on any atom is 0.272 e. The summed E-state index contributed by atoms with van der Waals surface area (Å²) in [4.78, 5) is 41.6. The smallest absolute Gasteiger partial charge is 0.272 e. The summed E-state index contributed by atoms with van der Waals surface area (Å²) in [6.45, 7) is 0.988. The van der Waals surface area contributed by atoms with Crippen LogP contribution in [0.5, 0.6) is 0 Å². The molecule has 1 aliphatic heterocycles. The van der Waals surface area contributed by atoms with Crippen LogP contribution in [-0.4, -0.2) is 46.5 Å². The third-order valence-electron chi connectivity index (χ3n) is 6.49. The topological polar surface area (TPSA) is 128 Å². The van der Waals surface area contributed by atoms with Crippen molar-refractivity contribution >= 4 is 35.0 Å². The first kappa shape index (κ1) is 25.1. The number of halogens is 3. The van der Waals surface area contributed by atoms with Gasteiger partial charge in [0.15, 0.2) is 17.3 Å². The summed E-state index contributed by atoms with van der Waals surface area (Å²) in [7, 11) is 0. The number of aromatic nitrogens is 2. The van der Waals surface area contributed by atoms with Gasteiger partial charge in [0, 0.05) is 31.2 Å². The Hall–Kier alpha value is -3.05. The van der Waals surface area contributed by atoms with E-state index in [0.717, 1.165) is 25.0 Å². The molecule has 188 valence electrons. The number of hydrogen-bond donors (Lipinski definition) is 3. The van der Waals surface area contributed by atoms with Gasteiger partial charge in [-0.3, -0.25) is 14.4 Å². The van der Waals surface area contributed by atoms with Crippen molar-refractivity contribution in [2.75, 3.05) is 18.5 Å². The fourth-order valence-corrected chi connectivity index (χ4v) is 4.81. The van der Waals surface area contributed by atoms with Crippen LogP contribution in [0.3, 0.4) is 0 Å². The summed E-state index contributed by atoms with van der Waals surface area (Å²) in [5.74, 6) is -4.21. The van der Waals surface area contributed by atoms with Gasteiger partial charge in [0.2, 0.25) is 5.91 Å². The number of benzene rings is 1. The highest BCUT2D eigenvalue weighted by Gasteiger charge is 2.32. The van der Waals surface area contributed by atoms with Gasteiger partial charge in [-0.25, -0.2) is 13.8 Å². The highest BCUT2D eigenvalue weighted by atomic mass is 35.5. The van der Waals surface area contributed by atoms with Crippen molar-refractivity contribution in [1.29, 1.82) is 0 Å². The Morgan fingerprint density at radius 2 is 1.86 bits per heavy atom. The number of amides is 3. The van der Waals surface area contributed by atoms with Crippen LogP contribution >= 0.6 is 11.6 Å². The second kappa shape index (κ2) is 10.7. The standard InChI is InChI=1S/C23H26ClF2N5O4/c24-15-8-16(25)17(26)9-18(15)30-22(33)12-3-5-13(6-4-12)31-11-29-19(20(31)21(27)32)23(34)28-10-14-2-1-7-35-14/h8-9,11-14H,1-7,10H2,(H2,27,32)(H,28,34)(H,30,33)/t12-,13-,14?. The van der Waals surface area contributed by atoms with E-state index in [0.29, 0.717) is 38.8 Å². The summed E-state index contributed by atoms with van der Waals surface area (Å²) in [5.41, 5.74) is 5.57. The molecule has 1 aromatic heterocycles. The van der Waals surface area contributed by atoms with Crippen molar-refractivity contribution in [3.8, 4) is 0 Å². The first-order valence-electron chi connectivity index (χ1n) is 11.5. The lowest BCUT2D eigenvalue weighted by molar-refractivity contribution is -0.121. The Morgan fingerprint density at radius 3 is 2.51 bits per heavy atom. The van der Waals surface area contributed by atoms with E-state index < -0.39 is 23.4 Å². The van der Waals surface area contributed by atoms with Crippen molar-refractivity contribution in [1.82, 2.24) is 14.9 Å². The minimum atomic E-state index is -1.11. The van der Waals surface area contributed by atoms with Gasteiger partial charge in [0.25, 0.3) is 11.8 Å². The average molecular weight is 510 g/mol. The number of primary amides is 1. The number of nitrogens with two attached hydrogens (primary N) is 1. The number of rotatable bonds is 7. The molecule has 1 atom stereocenters. The Labute approximate surface area is 205 Å². The molecule has 2 aliphatic rings. The third-order valence-corrected chi connectivity index (χ3v) is 6.80. The van der Waals surface area contributed by atoms with Gasteiger partial charge >= 0.3 is 0 Å². The first-order chi connectivity index (χ1) is 16.7. The number of hydrogen-bond acceptors (Lipinski definition) is 5. The van der Waals surface area contributed by atoms with Crippen molar-refractivity contribution in [3.05, 3.63) is 46.5 Å². The van der Waals surface area contributed by atoms with Crippen LogP contribution in [0.25, 0.3) is 0 Å². The fraction of sp³-hybridized carbons (Fsp3) is 0.478. The van der Waals surface area contributed by atoms with Gasteiger partial charge in [0.1, 0.15) is 5.69 Å². The van der Waals surface area contributed by atoms with Crippen LogP contribution in [0.15, 0.2) is 18.5 Å². The quantitative estimate of drug-likeness (QED) is 0.494. The van der Waals surface area contributed by atoms with E-state index in [4.69, 9.17) is 22.1 Å². The predicted molar refractivity (Wildman–Crippen MR) is 123 cm³/mol. The molecule has 1 unspecified atom stereocenters. The Balaban J connectivity index is 1.38. The molecule has 9 nitrogen and oxygen atoms in total. The molecule has 4 rings (SSSR count). The monoisotopic (exact) mass is 509 g/mol. The Bertz CT molecular complexity index is 1130. The first-order valence-corrected chi connectivity index (χ1v) is 11.8. The molecule has 0 radical (unpaired) electrons. The molecule has 1 aliphatic carbocycles. The molecule has 1 saturated heterocycles. The SMILES string of the molecule is NC(=O)c1c(C(=O)NCC2CCCO2)ncn1[C@H]1CC[C@H](C(=O)Nc2cc(F)c(F)cc2Cl)CC1. The van der Waals surface area contributed by atoms with E-state index in [9.17, 15) is 23.2 Å². The molecule has 2 fully saturated rings. The fourth-order valence-electron chi connectivity index (χ4n) is 4.61. The zero-order valence-electron chi connectivity index (χ0n) is 18.9. The number of imidazole rings is 1. The van der Waals surface area contributed by atoms with E-state index in [1.807, 2.05) is 0 Å². The predicted octanol–water partition coefficient (Wildman–Crippen LogP) is 3.19. The number of carbonyl (C=O) groups excluding carboxylic acids is 3. The third kappa shape index (κ3) is 5.62. The molecule has 4 N–H and O–H groups in total. The minimum absolute atomic E-state index is 0.00183.